The predicted octanol–water partition coefficient (Wildman–Crippen LogP) is 4.00. The Balaban J connectivity index is 1.59. The molecule has 1 heterocycles. The summed E-state index contributed by atoms with van der Waals surface area (Å²) in [6.07, 6.45) is 6.42. The Hall–Kier alpha value is -2.69. The standard InChI is InChI=1S/C23H27N3O5S2/c1-26(17-7-4-3-5-8-17)33(29,30)19-12-10-18(11-13-19)32(27,28)25-21-14-15-22(31-2)20-9-6-16-24-23(20)21/h6,9-17,25H,3-5,7-8H2,1-2H3. The van der Waals surface area contributed by atoms with Crippen molar-refractivity contribution in [2.24, 2.45) is 0 Å². The average molecular weight is 490 g/mol. The lowest BCUT2D eigenvalue weighted by Crippen LogP contribution is -2.38. The second-order valence-corrected chi connectivity index (χ2v) is 11.8. The van der Waals surface area contributed by atoms with Crippen LogP contribution in [0.3, 0.4) is 0 Å². The Labute approximate surface area is 194 Å². The summed E-state index contributed by atoms with van der Waals surface area (Å²) in [5, 5.41) is 0.674. The molecule has 0 radical (unpaired) electrons. The number of nitrogens with one attached hydrogen (secondary N) is 1. The molecule has 176 valence electrons. The molecule has 3 aromatic rings. The number of ether oxygens (including phenoxy) is 1. The Morgan fingerprint density at radius 3 is 2.27 bits per heavy atom. The molecular formula is C23H27N3O5S2. The van der Waals surface area contributed by atoms with Gasteiger partial charge in [-0.25, -0.2) is 16.8 Å². The van der Waals surface area contributed by atoms with E-state index in [4.69, 9.17) is 4.74 Å². The van der Waals surface area contributed by atoms with Crippen LogP contribution in [-0.4, -0.2) is 46.3 Å². The van der Waals surface area contributed by atoms with Crippen molar-refractivity contribution in [3.63, 3.8) is 0 Å². The summed E-state index contributed by atoms with van der Waals surface area (Å²) >= 11 is 0. The predicted molar refractivity (Wildman–Crippen MR) is 127 cm³/mol. The second kappa shape index (κ2) is 9.28. The van der Waals surface area contributed by atoms with Crippen LogP contribution in [0.5, 0.6) is 5.75 Å². The third-order valence-electron chi connectivity index (χ3n) is 6.09. The first-order valence-electron chi connectivity index (χ1n) is 10.8. The Bertz CT molecular complexity index is 1350. The molecule has 0 unspecified atom stereocenters. The quantitative estimate of drug-likeness (QED) is 0.538. The summed E-state index contributed by atoms with van der Waals surface area (Å²) < 4.78 is 61.4. The number of rotatable bonds is 7. The minimum Gasteiger partial charge on any atom is -0.496 e. The van der Waals surface area contributed by atoms with Gasteiger partial charge in [-0.1, -0.05) is 19.3 Å². The van der Waals surface area contributed by atoms with E-state index < -0.39 is 20.0 Å². The van der Waals surface area contributed by atoms with Crippen LogP contribution < -0.4 is 9.46 Å². The lowest BCUT2D eigenvalue weighted by molar-refractivity contribution is 0.286. The molecule has 4 rings (SSSR count). The Morgan fingerprint density at radius 2 is 1.61 bits per heavy atom. The molecule has 0 amide bonds. The molecule has 0 atom stereocenters. The molecule has 8 nitrogen and oxygen atoms in total. The van der Waals surface area contributed by atoms with Crippen molar-refractivity contribution < 1.29 is 21.6 Å². The van der Waals surface area contributed by atoms with Gasteiger partial charge in [0.15, 0.2) is 0 Å². The number of anilines is 1. The van der Waals surface area contributed by atoms with Gasteiger partial charge in [-0.2, -0.15) is 4.31 Å². The third kappa shape index (κ3) is 4.68. The molecule has 1 aliphatic carbocycles. The van der Waals surface area contributed by atoms with Gasteiger partial charge in [0.05, 0.1) is 28.1 Å². The third-order valence-corrected chi connectivity index (χ3v) is 9.40. The van der Waals surface area contributed by atoms with Crippen LogP contribution in [0, 0.1) is 0 Å². The fourth-order valence-electron chi connectivity index (χ4n) is 4.21. The Morgan fingerprint density at radius 1 is 0.939 bits per heavy atom. The van der Waals surface area contributed by atoms with E-state index in [1.807, 2.05) is 0 Å². The van der Waals surface area contributed by atoms with E-state index in [2.05, 4.69) is 9.71 Å². The maximum atomic E-state index is 13.0. The van der Waals surface area contributed by atoms with Crippen molar-refractivity contribution in [3.05, 3.63) is 54.7 Å². The summed E-state index contributed by atoms with van der Waals surface area (Å²) in [7, 11) is -4.54. The summed E-state index contributed by atoms with van der Waals surface area (Å²) in [5.41, 5.74) is 0.758. The van der Waals surface area contributed by atoms with E-state index in [0.29, 0.717) is 22.3 Å². The SMILES string of the molecule is COc1ccc(NS(=O)(=O)c2ccc(S(=O)(=O)N(C)C3CCCCC3)cc2)c2ncccc12. The van der Waals surface area contributed by atoms with Gasteiger partial charge < -0.3 is 4.74 Å². The van der Waals surface area contributed by atoms with Crippen LogP contribution in [0.15, 0.2) is 64.5 Å². The summed E-state index contributed by atoms with van der Waals surface area (Å²) in [4.78, 5) is 4.32. The first-order chi connectivity index (χ1) is 15.7. The van der Waals surface area contributed by atoms with Gasteiger partial charge >= 0.3 is 0 Å². The number of hydrogen-bond donors (Lipinski definition) is 1. The molecule has 1 fully saturated rings. The zero-order chi connectivity index (χ0) is 23.6. The van der Waals surface area contributed by atoms with Crippen molar-refractivity contribution in [1.29, 1.82) is 0 Å². The highest BCUT2D eigenvalue weighted by Crippen LogP contribution is 2.31. The first kappa shape index (κ1) is 23.5. The smallest absolute Gasteiger partial charge is 0.261 e. The highest BCUT2D eigenvalue weighted by molar-refractivity contribution is 7.92. The van der Waals surface area contributed by atoms with Gasteiger partial charge in [-0.05, 0) is 61.4 Å². The molecule has 1 aliphatic rings. The van der Waals surface area contributed by atoms with Gasteiger partial charge in [0.2, 0.25) is 10.0 Å². The van der Waals surface area contributed by atoms with Crippen molar-refractivity contribution in [3.8, 4) is 5.75 Å². The molecule has 33 heavy (non-hydrogen) atoms. The van der Waals surface area contributed by atoms with E-state index in [1.54, 1.807) is 37.5 Å². The zero-order valence-electron chi connectivity index (χ0n) is 18.6. The van der Waals surface area contributed by atoms with E-state index in [-0.39, 0.29) is 15.8 Å². The van der Waals surface area contributed by atoms with Crippen molar-refractivity contribution in [2.75, 3.05) is 18.9 Å². The minimum atomic E-state index is -3.97. The van der Waals surface area contributed by atoms with Crippen LogP contribution in [0.2, 0.25) is 0 Å². The number of fused-ring (bicyclic) bond motifs is 1. The zero-order valence-corrected chi connectivity index (χ0v) is 20.2. The molecular weight excluding hydrogens is 462 g/mol. The van der Waals surface area contributed by atoms with Gasteiger partial charge in [0.1, 0.15) is 5.75 Å². The summed E-state index contributed by atoms with van der Waals surface area (Å²) in [6.45, 7) is 0. The maximum Gasteiger partial charge on any atom is 0.261 e. The van der Waals surface area contributed by atoms with Crippen LogP contribution in [-0.2, 0) is 20.0 Å². The fraction of sp³-hybridized carbons (Fsp3) is 0.348. The second-order valence-electron chi connectivity index (χ2n) is 8.10. The average Bonchev–Trinajstić information content (AvgIpc) is 2.84. The summed E-state index contributed by atoms with van der Waals surface area (Å²) in [5.74, 6) is 0.581. The monoisotopic (exact) mass is 489 g/mol. The number of aromatic nitrogens is 1. The fourth-order valence-corrected chi connectivity index (χ4v) is 6.69. The topological polar surface area (TPSA) is 106 Å². The van der Waals surface area contributed by atoms with Crippen LogP contribution in [0.1, 0.15) is 32.1 Å². The molecule has 0 bridgehead atoms. The molecule has 1 N–H and O–H groups in total. The first-order valence-corrected chi connectivity index (χ1v) is 13.7. The normalized spacial score (nSPS) is 15.6. The van der Waals surface area contributed by atoms with E-state index in [9.17, 15) is 16.8 Å². The number of pyridine rings is 1. The highest BCUT2D eigenvalue weighted by atomic mass is 32.2. The van der Waals surface area contributed by atoms with Gasteiger partial charge in [-0.15, -0.1) is 0 Å². The van der Waals surface area contributed by atoms with E-state index in [0.717, 1.165) is 32.1 Å². The molecule has 0 spiro atoms. The number of methoxy groups -OCH3 is 1. The van der Waals surface area contributed by atoms with Crippen molar-refractivity contribution in [1.82, 2.24) is 9.29 Å². The molecule has 0 saturated heterocycles. The highest BCUT2D eigenvalue weighted by Gasteiger charge is 2.29. The van der Waals surface area contributed by atoms with Crippen LogP contribution >= 0.6 is 0 Å². The van der Waals surface area contributed by atoms with E-state index >= 15 is 0 Å². The molecule has 1 saturated carbocycles. The number of hydrogen-bond acceptors (Lipinski definition) is 6. The van der Waals surface area contributed by atoms with Gasteiger partial charge in [0, 0.05) is 24.7 Å². The molecule has 1 aromatic heterocycles. The largest absolute Gasteiger partial charge is 0.496 e. The van der Waals surface area contributed by atoms with Crippen LogP contribution in [0.4, 0.5) is 5.69 Å². The lowest BCUT2D eigenvalue weighted by atomic mass is 9.96. The van der Waals surface area contributed by atoms with Gasteiger partial charge in [0.25, 0.3) is 10.0 Å². The van der Waals surface area contributed by atoms with Crippen LogP contribution in [0.25, 0.3) is 10.9 Å². The number of sulfonamides is 2. The molecule has 10 heteroatoms. The van der Waals surface area contributed by atoms with Crippen molar-refractivity contribution in [2.45, 2.75) is 47.9 Å². The number of nitrogens with zero attached hydrogens (tertiary/aromatic N) is 2. The number of benzene rings is 2. The van der Waals surface area contributed by atoms with Crippen molar-refractivity contribution >= 4 is 36.6 Å². The lowest BCUT2D eigenvalue weighted by Gasteiger charge is -2.30. The minimum absolute atomic E-state index is 0.0234. The maximum absolute atomic E-state index is 13.0. The van der Waals surface area contributed by atoms with Gasteiger partial charge in [-0.3, -0.25) is 9.71 Å². The molecule has 2 aromatic carbocycles. The Kier molecular flexibility index (Phi) is 6.60. The molecule has 0 aliphatic heterocycles. The summed E-state index contributed by atoms with van der Waals surface area (Å²) in [6, 6.07) is 12.1. The van der Waals surface area contributed by atoms with E-state index in [1.165, 1.54) is 35.7 Å².